The van der Waals surface area contributed by atoms with Crippen molar-refractivity contribution in [1.82, 2.24) is 9.29 Å². The Kier molecular flexibility index (Phi) is 5.69. The number of nitrogens with one attached hydrogen (secondary N) is 1. The minimum atomic E-state index is -3.36. The van der Waals surface area contributed by atoms with E-state index in [-0.39, 0.29) is 23.7 Å². The second kappa shape index (κ2) is 7.92. The number of hydrogen-bond acceptors (Lipinski definition) is 4. The van der Waals surface area contributed by atoms with Gasteiger partial charge in [0.1, 0.15) is 0 Å². The van der Waals surface area contributed by atoms with Crippen molar-refractivity contribution in [2.24, 2.45) is 5.92 Å². The highest BCUT2D eigenvalue weighted by Crippen LogP contribution is 2.39. The molecule has 3 aliphatic rings. The number of pyridine rings is 1. The molecule has 0 bridgehead atoms. The van der Waals surface area contributed by atoms with Gasteiger partial charge in [0.15, 0.2) is 0 Å². The maximum absolute atomic E-state index is 13.2. The van der Waals surface area contributed by atoms with Crippen molar-refractivity contribution >= 4 is 10.0 Å². The predicted octanol–water partition coefficient (Wildman–Crippen LogP) is 2.73. The zero-order valence-electron chi connectivity index (χ0n) is 16.9. The van der Waals surface area contributed by atoms with E-state index in [9.17, 15) is 13.2 Å². The van der Waals surface area contributed by atoms with Crippen LogP contribution in [-0.4, -0.2) is 38.0 Å². The molecule has 4 rings (SSSR count). The van der Waals surface area contributed by atoms with Crippen LogP contribution >= 0.6 is 0 Å². The molecule has 6 nitrogen and oxygen atoms in total. The number of nitrogens with zero attached hydrogens (tertiary/aromatic N) is 1. The summed E-state index contributed by atoms with van der Waals surface area (Å²) in [6.07, 6.45) is 9.35. The summed E-state index contributed by atoms with van der Waals surface area (Å²) in [5, 5.41) is 0. The highest BCUT2D eigenvalue weighted by molar-refractivity contribution is 7.88. The number of aryl methyl sites for hydroxylation is 1. The van der Waals surface area contributed by atoms with Gasteiger partial charge in [0.05, 0.1) is 25.0 Å². The molecule has 2 aliphatic carbocycles. The van der Waals surface area contributed by atoms with Crippen LogP contribution in [0.25, 0.3) is 0 Å². The molecule has 1 aromatic rings. The van der Waals surface area contributed by atoms with Gasteiger partial charge in [-0.3, -0.25) is 4.79 Å². The monoisotopic (exact) mass is 408 g/mol. The Labute approximate surface area is 167 Å². The molecule has 28 heavy (non-hydrogen) atoms. The van der Waals surface area contributed by atoms with Gasteiger partial charge in [0.25, 0.3) is 5.56 Å². The highest BCUT2D eigenvalue weighted by Gasteiger charge is 2.35. The first-order valence-electron chi connectivity index (χ1n) is 10.6. The summed E-state index contributed by atoms with van der Waals surface area (Å²) in [5.74, 6) is 1.12. The van der Waals surface area contributed by atoms with Crippen LogP contribution in [0.4, 0.5) is 0 Å². The first-order chi connectivity index (χ1) is 13.3. The molecule has 0 aromatic carbocycles. The molecule has 2 fully saturated rings. The van der Waals surface area contributed by atoms with Crippen LogP contribution in [0.3, 0.4) is 0 Å². The summed E-state index contributed by atoms with van der Waals surface area (Å²) in [5.41, 5.74) is 1.91. The number of hydrogen-bond donors (Lipinski definition) is 1. The zero-order chi connectivity index (χ0) is 19.9. The summed E-state index contributed by atoms with van der Waals surface area (Å²) in [7, 11) is -3.36. The molecule has 0 amide bonds. The van der Waals surface area contributed by atoms with E-state index in [2.05, 4.69) is 17.7 Å². The van der Waals surface area contributed by atoms with Crippen molar-refractivity contribution in [3.05, 3.63) is 33.7 Å². The first kappa shape index (κ1) is 20.1. The number of fused-ring (bicyclic) bond motifs is 1. The highest BCUT2D eigenvalue weighted by atomic mass is 32.2. The lowest BCUT2D eigenvalue weighted by Gasteiger charge is -2.37. The van der Waals surface area contributed by atoms with Gasteiger partial charge in [-0.1, -0.05) is 13.0 Å². The quantitative estimate of drug-likeness (QED) is 0.785. The van der Waals surface area contributed by atoms with Crippen molar-refractivity contribution in [1.29, 1.82) is 0 Å². The van der Waals surface area contributed by atoms with Gasteiger partial charge in [-0.25, -0.2) is 13.1 Å². The van der Waals surface area contributed by atoms with E-state index in [1.54, 1.807) is 0 Å². The molecular weight excluding hydrogens is 376 g/mol. The molecule has 7 heteroatoms. The minimum absolute atomic E-state index is 0.0471. The minimum Gasteiger partial charge on any atom is -0.376 e. The molecule has 1 N–H and O–H groups in total. The van der Waals surface area contributed by atoms with Crippen LogP contribution < -0.4 is 10.3 Å². The Morgan fingerprint density at radius 2 is 1.82 bits per heavy atom. The van der Waals surface area contributed by atoms with Gasteiger partial charge in [0.2, 0.25) is 10.0 Å². The van der Waals surface area contributed by atoms with Crippen molar-refractivity contribution < 1.29 is 13.2 Å². The Hall–Kier alpha value is -1.18. The van der Waals surface area contributed by atoms with Gasteiger partial charge >= 0.3 is 0 Å². The Morgan fingerprint density at radius 1 is 1.11 bits per heavy atom. The molecule has 0 unspecified atom stereocenters. The third-order valence-corrected chi connectivity index (χ3v) is 7.32. The van der Waals surface area contributed by atoms with Gasteiger partial charge in [-0.2, -0.15) is 0 Å². The van der Waals surface area contributed by atoms with E-state index >= 15 is 0 Å². The molecule has 1 aliphatic heterocycles. The van der Waals surface area contributed by atoms with Crippen molar-refractivity contribution in [3.63, 3.8) is 0 Å². The molecule has 0 spiro atoms. The number of ether oxygens (including phenoxy) is 1. The Morgan fingerprint density at radius 3 is 2.46 bits per heavy atom. The van der Waals surface area contributed by atoms with Gasteiger partial charge < -0.3 is 9.30 Å². The third kappa shape index (κ3) is 4.52. The van der Waals surface area contributed by atoms with Crippen LogP contribution in [0.5, 0.6) is 0 Å². The van der Waals surface area contributed by atoms with Crippen LogP contribution in [0.2, 0.25) is 0 Å². The summed E-state index contributed by atoms with van der Waals surface area (Å²) in [4.78, 5) is 13.2. The van der Waals surface area contributed by atoms with E-state index in [4.69, 9.17) is 4.74 Å². The third-order valence-electron chi connectivity index (χ3n) is 6.59. The van der Waals surface area contributed by atoms with Gasteiger partial charge in [-0.15, -0.1) is 0 Å². The standard InChI is InChI=1S/C21H32N2O4S/c1-14-3-9-17(10-4-14)27-13-20-19(22-28(2,25)26)12-8-16-7-11-18(15-5-6-15)21(24)23(16)20/h7,11,14-15,17,19-20,22H,3-6,8-10,12-13H2,1-2H3/t14?,17?,19-,20-/m0/s1. The van der Waals surface area contributed by atoms with Crippen LogP contribution in [0, 0.1) is 5.92 Å². The van der Waals surface area contributed by atoms with E-state index in [1.807, 2.05) is 10.6 Å². The average molecular weight is 409 g/mol. The number of rotatable bonds is 6. The van der Waals surface area contributed by atoms with E-state index in [1.165, 1.54) is 19.1 Å². The normalized spacial score (nSPS) is 30.8. The van der Waals surface area contributed by atoms with Crippen molar-refractivity contribution in [2.45, 2.75) is 82.4 Å². The fourth-order valence-electron chi connectivity index (χ4n) is 4.79. The summed E-state index contributed by atoms with van der Waals surface area (Å²) in [6.45, 7) is 2.66. The zero-order valence-corrected chi connectivity index (χ0v) is 17.7. The molecule has 156 valence electrons. The SMILES string of the molecule is CC1CCC(OC[C@H]2[C@@H](NS(C)(=O)=O)CCc3ccc(C4CC4)c(=O)n32)CC1. The smallest absolute Gasteiger partial charge is 0.254 e. The Bertz CT molecular complexity index is 867. The molecule has 0 radical (unpaired) electrons. The average Bonchev–Trinajstić information content (AvgIpc) is 3.46. The van der Waals surface area contributed by atoms with Gasteiger partial charge in [0, 0.05) is 17.3 Å². The Balaban J connectivity index is 1.60. The summed E-state index contributed by atoms with van der Waals surface area (Å²) < 4.78 is 34.7. The topological polar surface area (TPSA) is 77.4 Å². The fraction of sp³-hybridized carbons (Fsp3) is 0.762. The van der Waals surface area contributed by atoms with Crippen molar-refractivity contribution in [2.75, 3.05) is 12.9 Å². The second-order valence-corrected chi connectivity index (χ2v) is 10.8. The molecule has 2 saturated carbocycles. The maximum atomic E-state index is 13.2. The molecular formula is C21H32N2O4S. The van der Waals surface area contributed by atoms with Crippen LogP contribution in [-0.2, 0) is 21.2 Å². The fourth-order valence-corrected chi connectivity index (χ4v) is 5.61. The number of aromatic nitrogens is 1. The number of sulfonamides is 1. The van der Waals surface area contributed by atoms with E-state index < -0.39 is 10.0 Å². The van der Waals surface area contributed by atoms with E-state index in [0.29, 0.717) is 25.4 Å². The molecule has 0 saturated heterocycles. The first-order valence-corrected chi connectivity index (χ1v) is 12.5. The molecule has 1 aromatic heterocycles. The molecule has 2 atom stereocenters. The molecule has 2 heterocycles. The van der Waals surface area contributed by atoms with Crippen LogP contribution in [0.1, 0.15) is 75.1 Å². The lowest BCUT2D eigenvalue weighted by Crippen LogP contribution is -2.49. The maximum Gasteiger partial charge on any atom is 0.254 e. The predicted molar refractivity (Wildman–Crippen MR) is 109 cm³/mol. The largest absolute Gasteiger partial charge is 0.376 e. The van der Waals surface area contributed by atoms with Crippen LogP contribution in [0.15, 0.2) is 16.9 Å². The summed E-state index contributed by atoms with van der Waals surface area (Å²) >= 11 is 0. The van der Waals surface area contributed by atoms with Gasteiger partial charge in [-0.05, 0) is 69.3 Å². The van der Waals surface area contributed by atoms with Crippen molar-refractivity contribution in [3.8, 4) is 0 Å². The summed E-state index contributed by atoms with van der Waals surface area (Å²) in [6, 6.07) is 3.44. The lowest BCUT2D eigenvalue weighted by molar-refractivity contribution is -0.00539. The van der Waals surface area contributed by atoms with E-state index in [0.717, 1.165) is 42.9 Å². The lowest BCUT2D eigenvalue weighted by atomic mass is 9.89. The second-order valence-electron chi connectivity index (χ2n) is 9.05.